The molecule has 0 unspecified atom stereocenters. The highest BCUT2D eigenvalue weighted by Crippen LogP contribution is 2.30. The van der Waals surface area contributed by atoms with E-state index in [1.165, 1.54) is 0 Å². The Morgan fingerprint density at radius 3 is 2.71 bits per heavy atom. The summed E-state index contributed by atoms with van der Waals surface area (Å²) in [5.41, 5.74) is 4.77. The summed E-state index contributed by atoms with van der Waals surface area (Å²) in [7, 11) is 0. The van der Waals surface area contributed by atoms with Gasteiger partial charge in [0.1, 0.15) is 5.69 Å². The Labute approximate surface area is 128 Å². The van der Waals surface area contributed by atoms with E-state index in [-0.39, 0.29) is 5.91 Å². The molecule has 2 aromatic rings. The molecule has 0 radical (unpaired) electrons. The molecule has 0 bridgehead atoms. The Morgan fingerprint density at radius 1 is 1.33 bits per heavy atom. The van der Waals surface area contributed by atoms with Gasteiger partial charge in [0.25, 0.3) is 0 Å². The van der Waals surface area contributed by atoms with Crippen molar-refractivity contribution < 1.29 is 4.79 Å². The zero-order chi connectivity index (χ0) is 14.8. The Bertz CT molecular complexity index is 647. The van der Waals surface area contributed by atoms with Crippen LogP contribution in [-0.2, 0) is 4.79 Å². The van der Waals surface area contributed by atoms with Crippen LogP contribution >= 0.6 is 11.3 Å². The molecule has 6 heteroatoms. The van der Waals surface area contributed by atoms with E-state index in [9.17, 15) is 4.79 Å². The second kappa shape index (κ2) is 5.89. The molecule has 1 amide bonds. The second-order valence-corrected chi connectivity index (χ2v) is 6.23. The summed E-state index contributed by atoms with van der Waals surface area (Å²) in [6.45, 7) is 5.25. The number of carbonyl (C=O) groups is 1. The summed E-state index contributed by atoms with van der Waals surface area (Å²) in [6, 6.07) is 0. The predicted molar refractivity (Wildman–Crippen MR) is 82.1 cm³/mol. The summed E-state index contributed by atoms with van der Waals surface area (Å²) in [5, 5.41) is 0. The topological polar surface area (TPSA) is 59.0 Å². The fourth-order valence-electron chi connectivity index (χ4n) is 2.73. The van der Waals surface area contributed by atoms with E-state index in [0.717, 1.165) is 47.9 Å². The summed E-state index contributed by atoms with van der Waals surface area (Å²) in [5.74, 6) is 0.551. The van der Waals surface area contributed by atoms with Crippen molar-refractivity contribution in [3.05, 3.63) is 29.3 Å². The van der Waals surface area contributed by atoms with Crippen LogP contribution in [0, 0.1) is 6.92 Å². The fraction of sp³-hybridized carbons (Fsp3) is 0.467. The zero-order valence-corrected chi connectivity index (χ0v) is 13.1. The average Bonchev–Trinajstić information content (AvgIpc) is 2.94. The van der Waals surface area contributed by atoms with Crippen LogP contribution in [0.2, 0.25) is 0 Å². The first-order chi connectivity index (χ1) is 10.1. The molecule has 3 heterocycles. The monoisotopic (exact) mass is 302 g/mol. The molecule has 0 N–H and O–H groups in total. The van der Waals surface area contributed by atoms with Crippen molar-refractivity contribution >= 4 is 17.2 Å². The maximum absolute atomic E-state index is 11.4. The highest BCUT2D eigenvalue weighted by atomic mass is 32.1. The maximum Gasteiger partial charge on any atom is 0.219 e. The number of aromatic nitrogens is 3. The third kappa shape index (κ3) is 2.95. The lowest BCUT2D eigenvalue weighted by Crippen LogP contribution is -2.36. The van der Waals surface area contributed by atoms with Gasteiger partial charge in [0.2, 0.25) is 5.91 Å². The van der Waals surface area contributed by atoms with Crippen molar-refractivity contribution in [3.8, 4) is 10.6 Å². The van der Waals surface area contributed by atoms with Gasteiger partial charge in [-0.25, -0.2) is 9.97 Å². The molecule has 1 aliphatic heterocycles. The number of hydrogen-bond acceptors (Lipinski definition) is 5. The zero-order valence-electron chi connectivity index (χ0n) is 12.2. The molecule has 1 aliphatic rings. The molecule has 0 saturated carbocycles. The van der Waals surface area contributed by atoms with Gasteiger partial charge in [-0.05, 0) is 19.8 Å². The standard InChI is InChI=1S/C15H18N4OS/c1-10-15(21-9-17-10)14-8-16-7-13(18-14)12-3-5-19(6-4-12)11(2)20/h7-9,12H,3-6H2,1-2H3. The molecule has 0 aliphatic carbocycles. The van der Waals surface area contributed by atoms with E-state index in [0.29, 0.717) is 5.92 Å². The van der Waals surface area contributed by atoms with Gasteiger partial charge in [-0.3, -0.25) is 9.78 Å². The largest absolute Gasteiger partial charge is 0.343 e. The van der Waals surface area contributed by atoms with Gasteiger partial charge in [0, 0.05) is 32.1 Å². The first-order valence-corrected chi connectivity index (χ1v) is 8.01. The van der Waals surface area contributed by atoms with E-state index >= 15 is 0 Å². The number of hydrogen-bond donors (Lipinski definition) is 0. The van der Waals surface area contributed by atoms with Crippen LogP contribution in [0.25, 0.3) is 10.6 Å². The number of carbonyl (C=O) groups excluding carboxylic acids is 1. The molecule has 1 fully saturated rings. The average molecular weight is 302 g/mol. The number of rotatable bonds is 2. The minimum atomic E-state index is 0.161. The van der Waals surface area contributed by atoms with Crippen LogP contribution in [0.15, 0.2) is 17.9 Å². The van der Waals surface area contributed by atoms with Crippen LogP contribution in [-0.4, -0.2) is 38.8 Å². The van der Waals surface area contributed by atoms with E-state index in [4.69, 9.17) is 4.98 Å². The summed E-state index contributed by atoms with van der Waals surface area (Å²) >= 11 is 1.60. The van der Waals surface area contributed by atoms with Gasteiger partial charge in [0.15, 0.2) is 0 Å². The lowest BCUT2D eigenvalue weighted by atomic mass is 9.93. The molecular formula is C15H18N4OS. The molecule has 1 saturated heterocycles. The third-order valence-electron chi connectivity index (χ3n) is 3.99. The molecule has 21 heavy (non-hydrogen) atoms. The molecule has 0 aromatic carbocycles. The lowest BCUT2D eigenvalue weighted by molar-refractivity contribution is -0.129. The smallest absolute Gasteiger partial charge is 0.219 e. The SMILES string of the molecule is CC(=O)N1CCC(c2cncc(-c3scnc3C)n2)CC1. The Hall–Kier alpha value is -1.82. The summed E-state index contributed by atoms with van der Waals surface area (Å²) in [6.07, 6.45) is 5.57. The molecule has 5 nitrogen and oxygen atoms in total. The number of nitrogens with zero attached hydrogens (tertiary/aromatic N) is 4. The normalized spacial score (nSPS) is 16.2. The van der Waals surface area contributed by atoms with Gasteiger partial charge >= 0.3 is 0 Å². The number of amides is 1. The van der Waals surface area contributed by atoms with Crippen LogP contribution in [0.1, 0.15) is 37.1 Å². The van der Waals surface area contributed by atoms with Crippen LogP contribution in [0.5, 0.6) is 0 Å². The van der Waals surface area contributed by atoms with Crippen LogP contribution < -0.4 is 0 Å². The van der Waals surface area contributed by atoms with Gasteiger partial charge < -0.3 is 4.90 Å². The number of likely N-dealkylation sites (tertiary alicyclic amines) is 1. The first kappa shape index (κ1) is 14.1. The van der Waals surface area contributed by atoms with Crippen molar-refractivity contribution in [2.45, 2.75) is 32.6 Å². The number of aryl methyl sites for hydroxylation is 1. The molecule has 3 rings (SSSR count). The van der Waals surface area contributed by atoms with Crippen molar-refractivity contribution in [2.24, 2.45) is 0 Å². The van der Waals surface area contributed by atoms with Crippen LogP contribution in [0.4, 0.5) is 0 Å². The van der Waals surface area contributed by atoms with Crippen molar-refractivity contribution in [3.63, 3.8) is 0 Å². The van der Waals surface area contributed by atoms with Gasteiger partial charge in [-0.15, -0.1) is 11.3 Å². The van der Waals surface area contributed by atoms with Gasteiger partial charge in [-0.2, -0.15) is 0 Å². The van der Waals surface area contributed by atoms with Crippen LogP contribution in [0.3, 0.4) is 0 Å². The number of piperidine rings is 1. The molecule has 110 valence electrons. The minimum absolute atomic E-state index is 0.161. The molecule has 0 spiro atoms. The first-order valence-electron chi connectivity index (χ1n) is 7.13. The fourth-order valence-corrected chi connectivity index (χ4v) is 3.48. The summed E-state index contributed by atoms with van der Waals surface area (Å²) in [4.78, 5) is 27.8. The Kier molecular flexibility index (Phi) is 3.96. The molecule has 2 aromatic heterocycles. The Morgan fingerprint density at radius 2 is 2.10 bits per heavy atom. The highest BCUT2D eigenvalue weighted by molar-refractivity contribution is 7.13. The van der Waals surface area contributed by atoms with E-state index in [1.54, 1.807) is 24.5 Å². The van der Waals surface area contributed by atoms with Crippen molar-refractivity contribution in [1.29, 1.82) is 0 Å². The summed E-state index contributed by atoms with van der Waals surface area (Å²) < 4.78 is 0. The van der Waals surface area contributed by atoms with Gasteiger partial charge in [-0.1, -0.05) is 0 Å². The highest BCUT2D eigenvalue weighted by Gasteiger charge is 2.23. The maximum atomic E-state index is 11.4. The molecular weight excluding hydrogens is 284 g/mol. The second-order valence-electron chi connectivity index (χ2n) is 5.38. The van der Waals surface area contributed by atoms with E-state index in [1.807, 2.05) is 23.5 Å². The lowest BCUT2D eigenvalue weighted by Gasteiger charge is -2.30. The van der Waals surface area contributed by atoms with Crippen molar-refractivity contribution in [2.75, 3.05) is 13.1 Å². The van der Waals surface area contributed by atoms with E-state index < -0.39 is 0 Å². The Balaban J connectivity index is 1.78. The third-order valence-corrected chi connectivity index (χ3v) is 4.94. The minimum Gasteiger partial charge on any atom is -0.343 e. The number of thiazole rings is 1. The quantitative estimate of drug-likeness (QED) is 0.855. The van der Waals surface area contributed by atoms with Gasteiger partial charge in [0.05, 0.1) is 28.0 Å². The predicted octanol–water partition coefficient (Wildman–Crippen LogP) is 2.63. The van der Waals surface area contributed by atoms with Crippen molar-refractivity contribution in [1.82, 2.24) is 19.9 Å². The molecule has 0 atom stereocenters. The van der Waals surface area contributed by atoms with E-state index in [2.05, 4.69) is 9.97 Å².